The normalized spacial score (nSPS) is 12.2. The van der Waals surface area contributed by atoms with E-state index in [9.17, 15) is 4.79 Å². The van der Waals surface area contributed by atoms with E-state index in [4.69, 9.17) is 4.74 Å². The van der Waals surface area contributed by atoms with Gasteiger partial charge >= 0.3 is 0 Å². The molecule has 0 saturated heterocycles. The van der Waals surface area contributed by atoms with Crippen LogP contribution in [0, 0.1) is 13.8 Å². The predicted octanol–water partition coefficient (Wildman–Crippen LogP) is 2.47. The molecular formula is C21H28N6O2. The molecule has 0 radical (unpaired) electrons. The zero-order valence-electron chi connectivity index (χ0n) is 17.8. The van der Waals surface area contributed by atoms with Gasteiger partial charge in [0.15, 0.2) is 0 Å². The lowest BCUT2D eigenvalue weighted by Crippen LogP contribution is -2.34. The molecule has 0 aliphatic rings. The van der Waals surface area contributed by atoms with E-state index in [-0.39, 0.29) is 11.9 Å². The van der Waals surface area contributed by atoms with Crippen molar-refractivity contribution in [1.82, 2.24) is 30.2 Å². The maximum Gasteiger partial charge on any atom is 0.269 e. The summed E-state index contributed by atoms with van der Waals surface area (Å²) in [6.07, 6.45) is 0. The van der Waals surface area contributed by atoms with Crippen LogP contribution in [-0.2, 0) is 7.05 Å². The lowest BCUT2D eigenvalue weighted by atomic mass is 10.1. The molecule has 3 aromatic rings. The molecule has 0 saturated carbocycles. The molecule has 1 atom stereocenters. The topological polar surface area (TPSA) is 88.1 Å². The Balaban J connectivity index is 1.73. The zero-order valence-corrected chi connectivity index (χ0v) is 17.8. The van der Waals surface area contributed by atoms with E-state index in [1.54, 1.807) is 13.2 Å². The van der Waals surface area contributed by atoms with Gasteiger partial charge in [0.2, 0.25) is 0 Å². The van der Waals surface area contributed by atoms with Gasteiger partial charge in [-0.25, -0.2) is 0 Å². The molecule has 1 amide bonds. The van der Waals surface area contributed by atoms with Gasteiger partial charge in [0, 0.05) is 24.8 Å². The zero-order chi connectivity index (χ0) is 21.1. The number of aromatic amines is 1. The number of carbonyl (C=O) groups excluding carboxylic acids is 1. The van der Waals surface area contributed by atoms with Gasteiger partial charge in [-0.15, -0.1) is 0 Å². The molecule has 3 rings (SSSR count). The molecule has 2 N–H and O–H groups in total. The van der Waals surface area contributed by atoms with Crippen LogP contribution in [0.1, 0.15) is 33.5 Å². The second kappa shape index (κ2) is 8.48. The number of methoxy groups -OCH3 is 1. The van der Waals surface area contributed by atoms with E-state index in [0.29, 0.717) is 12.2 Å². The second-order valence-corrected chi connectivity index (χ2v) is 7.30. The highest BCUT2D eigenvalue weighted by Crippen LogP contribution is 2.25. The Kier molecular flexibility index (Phi) is 6.03. The summed E-state index contributed by atoms with van der Waals surface area (Å²) in [5.41, 5.74) is 5.05. The lowest BCUT2D eigenvalue weighted by Gasteiger charge is -2.25. The van der Waals surface area contributed by atoms with Crippen molar-refractivity contribution in [3.63, 3.8) is 0 Å². The molecule has 29 heavy (non-hydrogen) atoms. The Labute approximate surface area is 170 Å². The van der Waals surface area contributed by atoms with Crippen molar-refractivity contribution in [3.05, 3.63) is 53.0 Å². The molecular weight excluding hydrogens is 368 g/mol. The van der Waals surface area contributed by atoms with Crippen molar-refractivity contribution in [3.8, 4) is 17.0 Å². The van der Waals surface area contributed by atoms with Crippen molar-refractivity contribution in [2.45, 2.75) is 19.9 Å². The van der Waals surface area contributed by atoms with Crippen molar-refractivity contribution >= 4 is 5.91 Å². The van der Waals surface area contributed by atoms with E-state index in [0.717, 1.165) is 34.0 Å². The van der Waals surface area contributed by atoms with Crippen molar-refractivity contribution in [1.29, 1.82) is 0 Å². The number of aryl methyl sites for hydroxylation is 2. The Morgan fingerprint density at radius 3 is 2.69 bits per heavy atom. The quantitative estimate of drug-likeness (QED) is 0.641. The van der Waals surface area contributed by atoms with Crippen LogP contribution in [0.25, 0.3) is 11.3 Å². The molecule has 0 bridgehead atoms. The van der Waals surface area contributed by atoms with Crippen LogP contribution in [0.15, 0.2) is 30.3 Å². The Bertz CT molecular complexity index is 1000. The van der Waals surface area contributed by atoms with Gasteiger partial charge in [0.05, 0.1) is 24.5 Å². The molecule has 0 aliphatic carbocycles. The van der Waals surface area contributed by atoms with Crippen LogP contribution in [0.5, 0.6) is 5.75 Å². The minimum Gasteiger partial charge on any atom is -0.497 e. The van der Waals surface area contributed by atoms with Crippen molar-refractivity contribution in [2.24, 2.45) is 7.05 Å². The molecule has 154 valence electrons. The molecule has 2 aromatic heterocycles. The molecule has 0 aliphatic heterocycles. The third-order valence-electron chi connectivity index (χ3n) is 5.15. The SMILES string of the molecule is COc1cccc(C(CNC(=O)c2cc(-c3c(C)nn(C)c3C)n[nH]2)N(C)C)c1. The van der Waals surface area contributed by atoms with Gasteiger partial charge in [-0.3, -0.25) is 14.6 Å². The fourth-order valence-electron chi connectivity index (χ4n) is 3.44. The first-order valence-electron chi connectivity index (χ1n) is 9.46. The van der Waals surface area contributed by atoms with Crippen LogP contribution in [0.2, 0.25) is 0 Å². The van der Waals surface area contributed by atoms with Gasteiger partial charge in [-0.2, -0.15) is 10.2 Å². The Morgan fingerprint density at radius 1 is 1.31 bits per heavy atom. The summed E-state index contributed by atoms with van der Waals surface area (Å²) in [5, 5.41) is 14.6. The largest absolute Gasteiger partial charge is 0.497 e. The fraction of sp³-hybridized carbons (Fsp3) is 0.381. The first-order chi connectivity index (χ1) is 13.8. The number of rotatable bonds is 7. The van der Waals surface area contributed by atoms with Gasteiger partial charge < -0.3 is 15.0 Å². The minimum atomic E-state index is -0.197. The number of amides is 1. The number of nitrogens with zero attached hydrogens (tertiary/aromatic N) is 4. The molecule has 0 fully saturated rings. The van der Waals surface area contributed by atoms with Crippen molar-refractivity contribution < 1.29 is 9.53 Å². The van der Waals surface area contributed by atoms with Gasteiger partial charge in [0.1, 0.15) is 11.4 Å². The highest BCUT2D eigenvalue weighted by atomic mass is 16.5. The fourth-order valence-corrected chi connectivity index (χ4v) is 3.44. The number of carbonyl (C=O) groups is 1. The highest BCUT2D eigenvalue weighted by Gasteiger charge is 2.19. The van der Waals surface area contributed by atoms with Crippen LogP contribution in [-0.4, -0.2) is 58.5 Å². The average molecular weight is 396 g/mol. The first-order valence-corrected chi connectivity index (χ1v) is 9.46. The molecule has 0 spiro atoms. The molecule has 8 nitrogen and oxygen atoms in total. The van der Waals surface area contributed by atoms with E-state index in [1.807, 2.05) is 63.9 Å². The van der Waals surface area contributed by atoms with Gasteiger partial charge in [-0.1, -0.05) is 12.1 Å². The number of hydrogen-bond donors (Lipinski definition) is 2. The molecule has 8 heteroatoms. The summed E-state index contributed by atoms with van der Waals surface area (Å²) in [4.78, 5) is 14.8. The summed E-state index contributed by atoms with van der Waals surface area (Å²) >= 11 is 0. The maximum atomic E-state index is 12.7. The number of hydrogen-bond acceptors (Lipinski definition) is 5. The van der Waals surface area contributed by atoms with Crippen LogP contribution in [0.3, 0.4) is 0 Å². The standard InChI is InChI=1S/C21H28N6O2/c1-13-20(14(2)27(5)25-13)17-11-18(24-23-17)21(28)22-12-19(26(3)4)15-8-7-9-16(10-15)29-6/h7-11,19H,12H2,1-6H3,(H,22,28)(H,23,24). The number of benzene rings is 1. The minimum absolute atomic E-state index is 0.0132. The summed E-state index contributed by atoms with van der Waals surface area (Å²) in [7, 11) is 7.51. The molecule has 1 unspecified atom stereocenters. The summed E-state index contributed by atoms with van der Waals surface area (Å²) in [6, 6.07) is 9.65. The number of aromatic nitrogens is 4. The maximum absolute atomic E-state index is 12.7. The van der Waals surface area contributed by atoms with Crippen LogP contribution < -0.4 is 10.1 Å². The van der Waals surface area contributed by atoms with Crippen molar-refractivity contribution in [2.75, 3.05) is 27.7 Å². The third kappa shape index (κ3) is 4.32. The van der Waals surface area contributed by atoms with E-state index >= 15 is 0 Å². The lowest BCUT2D eigenvalue weighted by molar-refractivity contribution is 0.0937. The average Bonchev–Trinajstić information content (AvgIpc) is 3.26. The van der Waals surface area contributed by atoms with E-state index in [1.165, 1.54) is 0 Å². The van der Waals surface area contributed by atoms with Gasteiger partial charge in [-0.05, 0) is 51.7 Å². The predicted molar refractivity (Wildman–Crippen MR) is 112 cm³/mol. The van der Waals surface area contributed by atoms with E-state index in [2.05, 4.69) is 25.5 Å². The smallest absolute Gasteiger partial charge is 0.269 e. The Hall–Kier alpha value is -3.13. The number of ether oxygens (including phenoxy) is 1. The number of nitrogens with one attached hydrogen (secondary N) is 2. The van der Waals surface area contributed by atoms with Crippen LogP contribution >= 0.6 is 0 Å². The summed E-state index contributed by atoms with van der Waals surface area (Å²) in [6.45, 7) is 4.38. The van der Waals surface area contributed by atoms with E-state index < -0.39 is 0 Å². The number of likely N-dealkylation sites (N-methyl/N-ethyl adjacent to an activating group) is 1. The summed E-state index contributed by atoms with van der Waals surface area (Å²) < 4.78 is 7.13. The highest BCUT2D eigenvalue weighted by molar-refractivity contribution is 5.93. The molecule has 1 aromatic carbocycles. The van der Waals surface area contributed by atoms with Gasteiger partial charge in [0.25, 0.3) is 5.91 Å². The monoisotopic (exact) mass is 396 g/mol. The molecule has 2 heterocycles. The first kappa shape index (κ1) is 20.6. The Morgan fingerprint density at radius 2 is 2.07 bits per heavy atom. The number of H-pyrrole nitrogens is 1. The third-order valence-corrected chi connectivity index (χ3v) is 5.15. The second-order valence-electron chi connectivity index (χ2n) is 7.30. The van der Waals surface area contributed by atoms with Crippen LogP contribution in [0.4, 0.5) is 0 Å². The summed E-state index contributed by atoms with van der Waals surface area (Å²) in [5.74, 6) is 0.596.